The number of nitrogens with one attached hydrogen (secondary N) is 1. The second-order valence-electron chi connectivity index (χ2n) is 3.75. The van der Waals surface area contributed by atoms with Crippen LogP contribution in [0.4, 0.5) is 0 Å². The molecule has 15 heavy (non-hydrogen) atoms. The molecule has 4 heteroatoms. The maximum absolute atomic E-state index is 5.67. The van der Waals surface area contributed by atoms with Crippen LogP contribution in [-0.2, 0) is 0 Å². The number of nitrogens with zero attached hydrogens (tertiary/aromatic N) is 1. The average molecular weight is 214 g/mol. The zero-order valence-electron chi connectivity index (χ0n) is 9.97. The van der Waals surface area contributed by atoms with Gasteiger partial charge in [-0.3, -0.25) is 4.99 Å². The number of aliphatic imine (C=N–C) groups is 1. The Morgan fingerprint density at radius 1 is 1.13 bits per heavy atom. The smallest absolute Gasteiger partial charge is 0.188 e. The van der Waals surface area contributed by atoms with E-state index in [1.807, 2.05) is 0 Å². The first kappa shape index (κ1) is 14.2. The van der Waals surface area contributed by atoms with Gasteiger partial charge in [0.05, 0.1) is 0 Å². The molecule has 0 aromatic rings. The Labute approximate surface area is 93.5 Å². The lowest BCUT2D eigenvalue weighted by Crippen LogP contribution is -2.32. The number of rotatable bonds is 9. The Morgan fingerprint density at radius 2 is 1.87 bits per heavy atom. The van der Waals surface area contributed by atoms with Gasteiger partial charge in [-0.05, 0) is 25.8 Å². The van der Waals surface area contributed by atoms with Gasteiger partial charge in [0.1, 0.15) is 0 Å². The minimum absolute atomic E-state index is 0.585. The Morgan fingerprint density at radius 3 is 2.53 bits per heavy atom. The van der Waals surface area contributed by atoms with Crippen molar-refractivity contribution in [2.45, 2.75) is 45.4 Å². The van der Waals surface area contributed by atoms with Crippen LogP contribution in [0, 0.1) is 0 Å². The zero-order chi connectivity index (χ0) is 11.4. The Kier molecular flexibility index (Phi) is 10.7. The highest BCUT2D eigenvalue weighted by atomic mass is 15.1. The largest absolute Gasteiger partial charge is 0.370 e. The van der Waals surface area contributed by atoms with Crippen molar-refractivity contribution >= 4 is 5.96 Å². The second kappa shape index (κ2) is 11.3. The van der Waals surface area contributed by atoms with E-state index in [9.17, 15) is 0 Å². The summed E-state index contributed by atoms with van der Waals surface area (Å²) < 4.78 is 0. The molecule has 5 N–H and O–H groups in total. The van der Waals surface area contributed by atoms with Gasteiger partial charge < -0.3 is 16.8 Å². The van der Waals surface area contributed by atoms with Gasteiger partial charge >= 0.3 is 0 Å². The van der Waals surface area contributed by atoms with Crippen LogP contribution < -0.4 is 16.8 Å². The van der Waals surface area contributed by atoms with Crippen LogP contribution >= 0.6 is 0 Å². The third kappa shape index (κ3) is 11.2. The first-order valence-electron chi connectivity index (χ1n) is 6.05. The Hall–Kier alpha value is -0.770. The first-order chi connectivity index (χ1) is 7.31. The Bertz CT molecular complexity index is 157. The summed E-state index contributed by atoms with van der Waals surface area (Å²) in [6.45, 7) is 4.71. The molecule has 0 rings (SSSR count). The molecule has 0 saturated heterocycles. The normalized spacial score (nSPS) is 11.7. The highest BCUT2D eigenvalue weighted by Gasteiger charge is 1.91. The molecule has 4 nitrogen and oxygen atoms in total. The van der Waals surface area contributed by atoms with E-state index in [0.29, 0.717) is 5.96 Å². The fourth-order valence-electron chi connectivity index (χ4n) is 1.26. The summed E-state index contributed by atoms with van der Waals surface area (Å²) in [5, 5.41) is 3.09. The van der Waals surface area contributed by atoms with Crippen molar-refractivity contribution in [2.75, 3.05) is 19.6 Å². The van der Waals surface area contributed by atoms with Gasteiger partial charge in [-0.2, -0.15) is 0 Å². The lowest BCUT2D eigenvalue weighted by molar-refractivity contribution is 0.651. The third-order valence-corrected chi connectivity index (χ3v) is 2.23. The molecule has 0 aromatic heterocycles. The van der Waals surface area contributed by atoms with Gasteiger partial charge in [-0.25, -0.2) is 0 Å². The molecule has 90 valence electrons. The van der Waals surface area contributed by atoms with E-state index in [0.717, 1.165) is 38.9 Å². The monoisotopic (exact) mass is 214 g/mol. The SMILES string of the molecule is CCCCNC(N)=NCCCCCCN. The van der Waals surface area contributed by atoms with Crippen molar-refractivity contribution in [3.8, 4) is 0 Å². The maximum Gasteiger partial charge on any atom is 0.188 e. The summed E-state index contributed by atoms with van der Waals surface area (Å²) in [7, 11) is 0. The summed E-state index contributed by atoms with van der Waals surface area (Å²) in [5.74, 6) is 0.585. The van der Waals surface area contributed by atoms with Crippen molar-refractivity contribution in [3.05, 3.63) is 0 Å². The van der Waals surface area contributed by atoms with E-state index in [-0.39, 0.29) is 0 Å². The van der Waals surface area contributed by atoms with Gasteiger partial charge in [0.25, 0.3) is 0 Å². The zero-order valence-corrected chi connectivity index (χ0v) is 9.97. The summed E-state index contributed by atoms with van der Waals surface area (Å²) in [4.78, 5) is 4.25. The summed E-state index contributed by atoms with van der Waals surface area (Å²) in [6, 6.07) is 0. The summed E-state index contributed by atoms with van der Waals surface area (Å²) in [6.07, 6.45) is 6.95. The second-order valence-corrected chi connectivity index (χ2v) is 3.75. The van der Waals surface area contributed by atoms with Crippen LogP contribution in [-0.4, -0.2) is 25.6 Å². The lowest BCUT2D eigenvalue weighted by atomic mass is 10.2. The average Bonchev–Trinajstić information content (AvgIpc) is 2.23. The summed E-state index contributed by atoms with van der Waals surface area (Å²) >= 11 is 0. The predicted octanol–water partition coefficient (Wildman–Crippen LogP) is 1.21. The highest BCUT2D eigenvalue weighted by molar-refractivity contribution is 5.77. The molecule has 0 spiro atoms. The number of hydrogen-bond acceptors (Lipinski definition) is 2. The van der Waals surface area contributed by atoms with E-state index >= 15 is 0 Å². The van der Waals surface area contributed by atoms with E-state index in [2.05, 4.69) is 17.2 Å². The van der Waals surface area contributed by atoms with Gasteiger partial charge in [0, 0.05) is 13.1 Å². The molecule has 0 heterocycles. The third-order valence-electron chi connectivity index (χ3n) is 2.23. The number of nitrogens with two attached hydrogens (primary N) is 2. The number of hydrogen-bond donors (Lipinski definition) is 3. The minimum Gasteiger partial charge on any atom is -0.370 e. The van der Waals surface area contributed by atoms with Crippen LogP contribution in [0.25, 0.3) is 0 Å². The van der Waals surface area contributed by atoms with Gasteiger partial charge in [0.15, 0.2) is 5.96 Å². The molecule has 0 saturated carbocycles. The lowest BCUT2D eigenvalue weighted by Gasteiger charge is -2.04. The molecule has 0 aromatic carbocycles. The van der Waals surface area contributed by atoms with Gasteiger partial charge in [0.2, 0.25) is 0 Å². The standard InChI is InChI=1S/C11H26N4/c1-2-3-9-14-11(13)15-10-7-5-4-6-8-12/h2-10,12H2,1H3,(H3,13,14,15). The van der Waals surface area contributed by atoms with E-state index < -0.39 is 0 Å². The predicted molar refractivity (Wildman–Crippen MR) is 66.9 cm³/mol. The van der Waals surface area contributed by atoms with E-state index in [4.69, 9.17) is 11.5 Å². The molecular formula is C11H26N4. The molecule has 0 radical (unpaired) electrons. The van der Waals surface area contributed by atoms with Crippen LogP contribution in [0.2, 0.25) is 0 Å². The van der Waals surface area contributed by atoms with Crippen LogP contribution in [0.1, 0.15) is 45.4 Å². The molecule has 0 unspecified atom stereocenters. The number of unbranched alkanes of at least 4 members (excludes halogenated alkanes) is 4. The summed E-state index contributed by atoms with van der Waals surface area (Å²) in [5.41, 5.74) is 11.1. The molecule has 0 aliphatic heterocycles. The van der Waals surface area contributed by atoms with Crippen molar-refractivity contribution in [1.29, 1.82) is 0 Å². The van der Waals surface area contributed by atoms with Crippen molar-refractivity contribution < 1.29 is 0 Å². The molecule has 0 amide bonds. The topological polar surface area (TPSA) is 76.4 Å². The Balaban J connectivity index is 3.25. The minimum atomic E-state index is 0.585. The van der Waals surface area contributed by atoms with Gasteiger partial charge in [-0.15, -0.1) is 0 Å². The van der Waals surface area contributed by atoms with Crippen LogP contribution in [0.5, 0.6) is 0 Å². The van der Waals surface area contributed by atoms with Crippen molar-refractivity contribution in [2.24, 2.45) is 16.5 Å². The van der Waals surface area contributed by atoms with Crippen molar-refractivity contribution in [1.82, 2.24) is 5.32 Å². The van der Waals surface area contributed by atoms with E-state index in [1.165, 1.54) is 19.3 Å². The fraction of sp³-hybridized carbons (Fsp3) is 0.909. The molecule has 0 fully saturated rings. The van der Waals surface area contributed by atoms with Crippen molar-refractivity contribution in [3.63, 3.8) is 0 Å². The van der Waals surface area contributed by atoms with Gasteiger partial charge in [-0.1, -0.05) is 26.2 Å². The highest BCUT2D eigenvalue weighted by Crippen LogP contribution is 1.98. The quantitative estimate of drug-likeness (QED) is 0.307. The van der Waals surface area contributed by atoms with Crippen LogP contribution in [0.3, 0.4) is 0 Å². The molecule has 0 aliphatic carbocycles. The first-order valence-corrected chi connectivity index (χ1v) is 6.05. The number of guanidine groups is 1. The van der Waals surface area contributed by atoms with E-state index in [1.54, 1.807) is 0 Å². The molecular weight excluding hydrogens is 188 g/mol. The fourth-order valence-corrected chi connectivity index (χ4v) is 1.26. The molecule has 0 aliphatic rings. The van der Waals surface area contributed by atoms with Crippen LogP contribution in [0.15, 0.2) is 4.99 Å². The maximum atomic E-state index is 5.67. The molecule has 0 bridgehead atoms. The molecule has 0 atom stereocenters.